The van der Waals surface area contributed by atoms with E-state index in [1.54, 1.807) is 54.8 Å². The van der Waals surface area contributed by atoms with Crippen molar-refractivity contribution in [1.82, 2.24) is 30.2 Å². The third kappa shape index (κ3) is 5.70. The topological polar surface area (TPSA) is 155 Å². The number of nitrogens with two attached hydrogens (primary N) is 1. The van der Waals surface area contributed by atoms with Crippen molar-refractivity contribution in [3.05, 3.63) is 90.1 Å². The van der Waals surface area contributed by atoms with E-state index in [-0.39, 0.29) is 12.5 Å². The Morgan fingerprint density at radius 1 is 1.05 bits per heavy atom. The summed E-state index contributed by atoms with van der Waals surface area (Å²) >= 11 is 0. The summed E-state index contributed by atoms with van der Waals surface area (Å²) in [6, 6.07) is 13.3. The van der Waals surface area contributed by atoms with E-state index >= 15 is 0 Å². The van der Waals surface area contributed by atoms with Gasteiger partial charge in [0, 0.05) is 47.8 Å². The van der Waals surface area contributed by atoms with Crippen molar-refractivity contribution in [1.29, 1.82) is 0 Å². The molecule has 0 spiro atoms. The van der Waals surface area contributed by atoms with Crippen molar-refractivity contribution in [2.75, 3.05) is 23.8 Å². The fourth-order valence-corrected chi connectivity index (χ4v) is 4.12. The van der Waals surface area contributed by atoms with E-state index in [0.29, 0.717) is 22.9 Å². The number of nitrogens with zero attached hydrogens (tertiary/aromatic N) is 5. The fourth-order valence-electron chi connectivity index (χ4n) is 4.12. The van der Waals surface area contributed by atoms with Crippen LogP contribution in [-0.4, -0.2) is 56.4 Å². The predicted molar refractivity (Wildman–Crippen MR) is 149 cm³/mol. The highest BCUT2D eigenvalue weighted by Crippen LogP contribution is 2.25. The van der Waals surface area contributed by atoms with Crippen LogP contribution in [0, 0.1) is 12.7 Å². The molecule has 0 radical (unpaired) electrons. The van der Waals surface area contributed by atoms with E-state index < -0.39 is 23.7 Å². The number of nitrogens with one attached hydrogen (secondary N) is 3. The molecule has 2 amide bonds. The van der Waals surface area contributed by atoms with Gasteiger partial charge in [0.1, 0.15) is 11.9 Å². The number of benzene rings is 2. The number of rotatable bonds is 9. The molecule has 11 nitrogen and oxygen atoms in total. The molecule has 202 valence electrons. The van der Waals surface area contributed by atoms with Crippen LogP contribution in [0.25, 0.3) is 22.3 Å². The summed E-state index contributed by atoms with van der Waals surface area (Å²) in [6.45, 7) is 1.77. The molecule has 0 aliphatic rings. The van der Waals surface area contributed by atoms with Crippen LogP contribution < -0.4 is 21.3 Å². The molecule has 3 heterocycles. The fraction of sp³-hybridized carbons (Fsp3) is 0.143. The molecule has 5 N–H and O–H groups in total. The maximum atomic E-state index is 13.6. The van der Waals surface area contributed by atoms with Gasteiger partial charge >= 0.3 is 0 Å². The van der Waals surface area contributed by atoms with E-state index in [0.717, 1.165) is 22.2 Å². The summed E-state index contributed by atoms with van der Waals surface area (Å²) in [5.74, 6) is -0.901. The zero-order valence-electron chi connectivity index (χ0n) is 21.7. The monoisotopic (exact) mass is 539 g/mol. The first-order chi connectivity index (χ1) is 19.3. The van der Waals surface area contributed by atoms with Crippen LogP contribution >= 0.6 is 0 Å². The second-order valence-electron chi connectivity index (χ2n) is 9.08. The summed E-state index contributed by atoms with van der Waals surface area (Å²) < 4.78 is 13.6. The molecule has 0 fully saturated rings. The number of hydrogen-bond acceptors (Lipinski definition) is 8. The number of carbonyl (C=O) groups is 2. The molecular formula is C28H26FN9O2. The van der Waals surface area contributed by atoms with Crippen molar-refractivity contribution in [2.24, 2.45) is 5.73 Å². The molecule has 40 heavy (non-hydrogen) atoms. The highest BCUT2D eigenvalue weighted by molar-refractivity contribution is 6.01. The molecule has 0 saturated heterocycles. The Bertz CT molecular complexity index is 1620. The predicted octanol–water partition coefficient (Wildman–Crippen LogP) is 3.33. The van der Waals surface area contributed by atoms with E-state index in [1.165, 1.54) is 24.3 Å². The third-order valence-electron chi connectivity index (χ3n) is 6.20. The zero-order valence-corrected chi connectivity index (χ0v) is 21.7. The summed E-state index contributed by atoms with van der Waals surface area (Å²) in [5, 5.41) is 6.41. The van der Waals surface area contributed by atoms with Crippen LogP contribution in [0.1, 0.15) is 15.9 Å². The zero-order chi connectivity index (χ0) is 28.2. The number of H-pyrrole nitrogens is 1. The largest absolute Gasteiger partial charge is 0.368 e. The Balaban J connectivity index is 1.39. The molecule has 0 aliphatic heterocycles. The van der Waals surface area contributed by atoms with Gasteiger partial charge in [0.15, 0.2) is 0 Å². The molecule has 1 atom stereocenters. The Morgan fingerprint density at radius 3 is 2.50 bits per heavy atom. The molecule has 0 aliphatic carbocycles. The average molecular weight is 540 g/mol. The van der Waals surface area contributed by atoms with Crippen molar-refractivity contribution >= 4 is 40.3 Å². The number of fused-ring (bicyclic) bond motifs is 1. The average Bonchev–Trinajstić information content (AvgIpc) is 3.40. The lowest BCUT2D eigenvalue weighted by atomic mass is 10.1. The van der Waals surface area contributed by atoms with E-state index in [4.69, 9.17) is 5.73 Å². The molecule has 2 aromatic carbocycles. The van der Waals surface area contributed by atoms with Crippen molar-refractivity contribution in [3.8, 4) is 11.4 Å². The smallest absolute Gasteiger partial charge is 0.252 e. The highest BCUT2D eigenvalue weighted by atomic mass is 19.1. The number of halogens is 1. The van der Waals surface area contributed by atoms with Crippen LogP contribution in [0.15, 0.2) is 73.2 Å². The van der Waals surface area contributed by atoms with E-state index in [2.05, 4.69) is 35.6 Å². The second kappa shape index (κ2) is 11.2. The maximum absolute atomic E-state index is 13.6. The summed E-state index contributed by atoms with van der Waals surface area (Å²) in [6.07, 6.45) is 4.90. The van der Waals surface area contributed by atoms with Gasteiger partial charge in [0.2, 0.25) is 17.8 Å². The van der Waals surface area contributed by atoms with Gasteiger partial charge in [-0.05, 0) is 67.1 Å². The number of primary amides is 1. The first kappa shape index (κ1) is 26.2. The van der Waals surface area contributed by atoms with Crippen LogP contribution in [0.3, 0.4) is 0 Å². The molecule has 0 saturated carbocycles. The van der Waals surface area contributed by atoms with Crippen molar-refractivity contribution in [3.63, 3.8) is 0 Å². The Kier molecular flexibility index (Phi) is 7.31. The maximum Gasteiger partial charge on any atom is 0.252 e. The van der Waals surface area contributed by atoms with E-state index in [1.807, 2.05) is 13.0 Å². The van der Waals surface area contributed by atoms with Gasteiger partial charge in [-0.25, -0.2) is 24.3 Å². The highest BCUT2D eigenvalue weighted by Gasteiger charge is 2.25. The lowest BCUT2D eigenvalue weighted by molar-refractivity contribution is -0.119. The summed E-state index contributed by atoms with van der Waals surface area (Å²) in [5.41, 5.74) is 9.65. The number of carbonyl (C=O) groups excluding carboxylic acids is 2. The van der Waals surface area contributed by atoms with Gasteiger partial charge in [0.05, 0.1) is 17.9 Å². The Morgan fingerprint density at radius 2 is 1.80 bits per heavy atom. The number of aryl methyl sites for hydroxylation is 1. The molecule has 0 bridgehead atoms. The molecular weight excluding hydrogens is 513 g/mol. The molecule has 0 unspecified atom stereocenters. The van der Waals surface area contributed by atoms with Crippen LogP contribution in [0.2, 0.25) is 0 Å². The van der Waals surface area contributed by atoms with Gasteiger partial charge < -0.3 is 26.3 Å². The first-order valence-electron chi connectivity index (χ1n) is 12.4. The molecule has 12 heteroatoms. The Hall–Kier alpha value is -5.39. The van der Waals surface area contributed by atoms with E-state index in [9.17, 15) is 14.0 Å². The molecule has 5 rings (SSSR count). The summed E-state index contributed by atoms with van der Waals surface area (Å²) in [7, 11) is 1.74. The Labute approximate surface area is 228 Å². The van der Waals surface area contributed by atoms with Gasteiger partial charge in [-0.1, -0.05) is 0 Å². The number of anilines is 3. The van der Waals surface area contributed by atoms with Crippen LogP contribution in [-0.2, 0) is 4.79 Å². The quantitative estimate of drug-likeness (QED) is 0.222. The lowest BCUT2D eigenvalue weighted by Gasteiger charge is -2.27. The number of aromatic amines is 1. The SMILES string of the molecule is CNc1nccc(-c2cc3cc(C(=O)N[C@@H](CN(c4ccc(F)cc4)c4ncc(C)cn4)C(N)=O)ccc3[nH]2)n1. The minimum Gasteiger partial charge on any atom is -0.368 e. The summed E-state index contributed by atoms with van der Waals surface area (Å²) in [4.78, 5) is 47.8. The minimum absolute atomic E-state index is 0.0756. The molecule has 5 aromatic rings. The molecule has 3 aromatic heterocycles. The van der Waals surface area contributed by atoms with Crippen LogP contribution in [0.4, 0.5) is 22.0 Å². The second-order valence-corrected chi connectivity index (χ2v) is 9.08. The van der Waals surface area contributed by atoms with Gasteiger partial charge in [-0.2, -0.15) is 0 Å². The normalized spacial score (nSPS) is 11.7. The first-order valence-corrected chi connectivity index (χ1v) is 12.4. The van der Waals surface area contributed by atoms with Crippen LogP contribution in [0.5, 0.6) is 0 Å². The standard InChI is InChI=1S/C28H26FN9O2/c1-16-13-33-28(34-14-16)38(20-6-4-19(29)5-7-20)15-24(25(30)39)36-26(40)17-3-8-21-18(11-17)12-23(35-21)22-9-10-32-27(31-2)37-22/h3-14,24,35H,15H2,1-2H3,(H2,30,39)(H,36,40)(H,31,32,37)/t24-/m0/s1. The number of aromatic nitrogens is 5. The van der Waals surface area contributed by atoms with Gasteiger partial charge in [-0.15, -0.1) is 0 Å². The number of hydrogen-bond donors (Lipinski definition) is 4. The minimum atomic E-state index is -1.11. The number of amides is 2. The van der Waals surface area contributed by atoms with Gasteiger partial charge in [0.25, 0.3) is 5.91 Å². The van der Waals surface area contributed by atoms with Crippen molar-refractivity contribution in [2.45, 2.75) is 13.0 Å². The van der Waals surface area contributed by atoms with Crippen molar-refractivity contribution < 1.29 is 14.0 Å². The lowest BCUT2D eigenvalue weighted by Crippen LogP contribution is -2.50. The van der Waals surface area contributed by atoms with Gasteiger partial charge in [-0.3, -0.25) is 9.59 Å². The third-order valence-corrected chi connectivity index (χ3v) is 6.20.